The van der Waals surface area contributed by atoms with Crippen molar-refractivity contribution in [1.82, 2.24) is 9.97 Å². The molecule has 2 aromatic heterocycles. The molecule has 0 atom stereocenters. The fraction of sp³-hybridized carbons (Fsp3) is 0.263. The van der Waals surface area contributed by atoms with E-state index < -0.39 is 0 Å². The zero-order chi connectivity index (χ0) is 17.5. The maximum atomic E-state index is 12.3. The first kappa shape index (κ1) is 17.0. The van der Waals surface area contributed by atoms with Crippen molar-refractivity contribution in [2.75, 3.05) is 30.9 Å². The van der Waals surface area contributed by atoms with E-state index in [0.717, 1.165) is 41.7 Å². The summed E-state index contributed by atoms with van der Waals surface area (Å²) in [4.78, 5) is 19.7. The van der Waals surface area contributed by atoms with Gasteiger partial charge >= 0.3 is 0 Å². The number of H-pyrrole nitrogens is 1. The van der Waals surface area contributed by atoms with Crippen molar-refractivity contribution < 1.29 is 9.53 Å². The fourth-order valence-electron chi connectivity index (χ4n) is 2.66. The summed E-state index contributed by atoms with van der Waals surface area (Å²) in [6.45, 7) is 1.55. The van der Waals surface area contributed by atoms with Gasteiger partial charge in [0.15, 0.2) is 0 Å². The van der Waals surface area contributed by atoms with E-state index in [1.807, 2.05) is 36.5 Å². The van der Waals surface area contributed by atoms with Crippen molar-refractivity contribution >= 4 is 28.3 Å². The van der Waals surface area contributed by atoms with Gasteiger partial charge in [0.05, 0.1) is 18.3 Å². The monoisotopic (exact) mass is 338 g/mol. The van der Waals surface area contributed by atoms with Gasteiger partial charge in [0.1, 0.15) is 5.82 Å². The first-order valence-electron chi connectivity index (χ1n) is 8.30. The third-order valence-corrected chi connectivity index (χ3v) is 3.91. The first-order valence-corrected chi connectivity index (χ1v) is 8.30. The number of benzene rings is 1. The van der Waals surface area contributed by atoms with E-state index in [4.69, 9.17) is 4.74 Å². The summed E-state index contributed by atoms with van der Waals surface area (Å²) in [5.74, 6) is 0.463. The average Bonchev–Trinajstić information content (AvgIpc) is 3.03. The molecule has 0 saturated carbocycles. The van der Waals surface area contributed by atoms with Crippen LogP contribution in [0.25, 0.3) is 10.9 Å². The van der Waals surface area contributed by atoms with Crippen LogP contribution in [0.4, 0.5) is 11.5 Å². The number of carbonyl (C=O) groups is 1. The van der Waals surface area contributed by atoms with Crippen LogP contribution in [-0.2, 0) is 16.0 Å². The van der Waals surface area contributed by atoms with Gasteiger partial charge in [-0.15, -0.1) is 0 Å². The molecule has 130 valence electrons. The zero-order valence-electron chi connectivity index (χ0n) is 14.2. The lowest BCUT2D eigenvalue weighted by atomic mass is 10.1. The molecule has 6 heteroatoms. The Balaban J connectivity index is 1.54. The van der Waals surface area contributed by atoms with Crippen LogP contribution in [0.1, 0.15) is 12.0 Å². The van der Waals surface area contributed by atoms with Crippen LogP contribution >= 0.6 is 0 Å². The molecule has 6 nitrogen and oxygen atoms in total. The minimum absolute atomic E-state index is 0.0851. The molecule has 0 radical (unpaired) electrons. The number of hydrogen-bond donors (Lipinski definition) is 3. The summed E-state index contributed by atoms with van der Waals surface area (Å²) in [7, 11) is 1.69. The van der Waals surface area contributed by atoms with Crippen LogP contribution in [0.15, 0.2) is 48.8 Å². The fourth-order valence-corrected chi connectivity index (χ4v) is 2.66. The largest absolute Gasteiger partial charge is 0.385 e. The third kappa shape index (κ3) is 4.58. The normalized spacial score (nSPS) is 10.8. The highest BCUT2D eigenvalue weighted by Crippen LogP contribution is 2.18. The second-order valence-corrected chi connectivity index (χ2v) is 5.79. The molecule has 0 spiro atoms. The Bertz CT molecular complexity index is 827. The van der Waals surface area contributed by atoms with Gasteiger partial charge in [-0.25, -0.2) is 4.98 Å². The SMILES string of the molecule is COCCCNc1ccc(NC(=O)Cc2c[nH]c3ccccc23)nc1. The summed E-state index contributed by atoms with van der Waals surface area (Å²) < 4.78 is 5.01. The molecule has 3 aromatic rings. The van der Waals surface area contributed by atoms with Gasteiger partial charge in [-0.2, -0.15) is 0 Å². The molecular weight excluding hydrogens is 316 g/mol. The predicted molar refractivity (Wildman–Crippen MR) is 99.9 cm³/mol. The Morgan fingerprint density at radius 1 is 1.24 bits per heavy atom. The highest BCUT2D eigenvalue weighted by Gasteiger charge is 2.09. The van der Waals surface area contributed by atoms with Crippen LogP contribution < -0.4 is 10.6 Å². The second-order valence-electron chi connectivity index (χ2n) is 5.79. The highest BCUT2D eigenvalue weighted by molar-refractivity contribution is 5.95. The standard InChI is InChI=1S/C19H22N4O2/c1-25-10-4-9-20-15-7-8-18(22-13-15)23-19(24)11-14-12-21-17-6-3-2-5-16(14)17/h2-3,5-8,12-13,20-21H,4,9-11H2,1H3,(H,22,23,24). The molecule has 3 rings (SSSR count). The van der Waals surface area contributed by atoms with E-state index in [1.165, 1.54) is 0 Å². The van der Waals surface area contributed by atoms with E-state index >= 15 is 0 Å². The molecule has 0 fully saturated rings. The number of nitrogens with one attached hydrogen (secondary N) is 3. The molecule has 1 aromatic carbocycles. The van der Waals surface area contributed by atoms with Gasteiger partial charge in [-0.05, 0) is 30.2 Å². The summed E-state index contributed by atoms with van der Waals surface area (Å²) in [5, 5.41) is 7.16. The number of ether oxygens (including phenoxy) is 1. The van der Waals surface area contributed by atoms with Gasteiger partial charge in [-0.3, -0.25) is 4.79 Å². The number of para-hydroxylation sites is 1. The van der Waals surface area contributed by atoms with Gasteiger partial charge in [0.25, 0.3) is 0 Å². The van der Waals surface area contributed by atoms with Crippen molar-refractivity contribution in [3.8, 4) is 0 Å². The summed E-state index contributed by atoms with van der Waals surface area (Å²) >= 11 is 0. The molecule has 0 aliphatic carbocycles. The Kier molecular flexibility index (Phi) is 5.64. The smallest absolute Gasteiger partial charge is 0.230 e. The Labute approximate surface area is 146 Å². The van der Waals surface area contributed by atoms with E-state index in [2.05, 4.69) is 20.6 Å². The molecular formula is C19H22N4O2. The number of anilines is 2. The highest BCUT2D eigenvalue weighted by atomic mass is 16.5. The molecule has 0 aliphatic heterocycles. The minimum Gasteiger partial charge on any atom is -0.385 e. The number of rotatable bonds is 8. The summed E-state index contributed by atoms with van der Waals surface area (Å²) in [6.07, 6.45) is 4.83. The lowest BCUT2D eigenvalue weighted by molar-refractivity contribution is -0.115. The van der Waals surface area contributed by atoms with Crippen molar-refractivity contribution in [1.29, 1.82) is 0 Å². The van der Waals surface area contributed by atoms with E-state index in [1.54, 1.807) is 19.4 Å². The molecule has 0 unspecified atom stereocenters. The molecule has 0 saturated heterocycles. The molecule has 1 amide bonds. The van der Waals surface area contributed by atoms with Gasteiger partial charge in [-0.1, -0.05) is 18.2 Å². The Hall–Kier alpha value is -2.86. The van der Waals surface area contributed by atoms with Crippen molar-refractivity contribution in [3.05, 3.63) is 54.4 Å². The van der Waals surface area contributed by atoms with Crippen LogP contribution in [0.3, 0.4) is 0 Å². The van der Waals surface area contributed by atoms with Crippen LogP contribution in [0.2, 0.25) is 0 Å². The Morgan fingerprint density at radius 2 is 2.12 bits per heavy atom. The van der Waals surface area contributed by atoms with Crippen LogP contribution in [0, 0.1) is 0 Å². The number of pyridine rings is 1. The number of hydrogen-bond acceptors (Lipinski definition) is 4. The van der Waals surface area contributed by atoms with Crippen molar-refractivity contribution in [3.63, 3.8) is 0 Å². The number of amides is 1. The van der Waals surface area contributed by atoms with E-state index in [0.29, 0.717) is 12.2 Å². The van der Waals surface area contributed by atoms with Gasteiger partial charge in [0, 0.05) is 37.4 Å². The zero-order valence-corrected chi connectivity index (χ0v) is 14.2. The maximum Gasteiger partial charge on any atom is 0.230 e. The number of aromatic nitrogens is 2. The van der Waals surface area contributed by atoms with Gasteiger partial charge in [0.2, 0.25) is 5.91 Å². The van der Waals surface area contributed by atoms with Crippen LogP contribution in [-0.4, -0.2) is 36.1 Å². The maximum absolute atomic E-state index is 12.3. The van der Waals surface area contributed by atoms with E-state index in [-0.39, 0.29) is 5.91 Å². The third-order valence-electron chi connectivity index (χ3n) is 3.91. The molecule has 25 heavy (non-hydrogen) atoms. The Morgan fingerprint density at radius 3 is 2.92 bits per heavy atom. The van der Waals surface area contributed by atoms with Crippen LogP contribution in [0.5, 0.6) is 0 Å². The van der Waals surface area contributed by atoms with Crippen molar-refractivity contribution in [2.45, 2.75) is 12.8 Å². The lowest BCUT2D eigenvalue weighted by Crippen LogP contribution is -2.15. The molecule has 3 N–H and O–H groups in total. The average molecular weight is 338 g/mol. The number of fused-ring (bicyclic) bond motifs is 1. The number of methoxy groups -OCH3 is 1. The number of carbonyl (C=O) groups excluding carboxylic acids is 1. The number of nitrogens with zero attached hydrogens (tertiary/aromatic N) is 1. The lowest BCUT2D eigenvalue weighted by Gasteiger charge is -2.07. The molecule has 0 bridgehead atoms. The predicted octanol–water partition coefficient (Wildman–Crippen LogP) is 3.19. The molecule has 2 heterocycles. The summed E-state index contributed by atoms with van der Waals surface area (Å²) in [5.41, 5.74) is 2.93. The topological polar surface area (TPSA) is 79.0 Å². The number of aromatic amines is 1. The summed E-state index contributed by atoms with van der Waals surface area (Å²) in [6, 6.07) is 11.6. The second kappa shape index (κ2) is 8.30. The van der Waals surface area contributed by atoms with Gasteiger partial charge < -0.3 is 20.4 Å². The quantitative estimate of drug-likeness (QED) is 0.551. The molecule has 0 aliphatic rings. The van der Waals surface area contributed by atoms with Crippen molar-refractivity contribution in [2.24, 2.45) is 0 Å². The minimum atomic E-state index is -0.0851. The first-order chi connectivity index (χ1) is 12.3. The van der Waals surface area contributed by atoms with E-state index in [9.17, 15) is 4.79 Å².